The Morgan fingerprint density at radius 3 is 2.80 bits per heavy atom. The lowest BCUT2D eigenvalue weighted by Crippen LogP contribution is -2.44. The minimum atomic E-state index is 0.401. The predicted molar refractivity (Wildman–Crippen MR) is 88.1 cm³/mol. The van der Waals surface area contributed by atoms with Crippen molar-refractivity contribution in [2.24, 2.45) is 0 Å². The molecule has 0 aliphatic carbocycles. The minimum absolute atomic E-state index is 0.401. The van der Waals surface area contributed by atoms with Crippen molar-refractivity contribution in [3.05, 3.63) is 39.1 Å². The van der Waals surface area contributed by atoms with Crippen molar-refractivity contribution in [2.75, 3.05) is 26.2 Å². The van der Waals surface area contributed by atoms with Crippen LogP contribution in [0, 0.1) is 0 Å². The average Bonchev–Trinajstić information content (AvgIpc) is 2.97. The molecule has 1 saturated heterocycles. The third-order valence-corrected chi connectivity index (χ3v) is 5.43. The Morgan fingerprint density at radius 2 is 2.05 bits per heavy atom. The fourth-order valence-corrected chi connectivity index (χ4v) is 3.89. The molecule has 0 radical (unpaired) electrons. The van der Waals surface area contributed by atoms with Crippen molar-refractivity contribution in [2.45, 2.75) is 13.0 Å². The topological polar surface area (TPSA) is 28.2 Å². The monoisotopic (exact) mass is 351 g/mol. The van der Waals surface area contributed by atoms with Crippen molar-refractivity contribution in [3.63, 3.8) is 0 Å². The molecule has 1 fully saturated rings. The summed E-state index contributed by atoms with van der Waals surface area (Å²) in [5.41, 5.74) is 2.24. The highest BCUT2D eigenvalue weighted by atomic mass is 79.9. The molecule has 3 rings (SSSR count). The van der Waals surface area contributed by atoms with Gasteiger partial charge in [0.05, 0.1) is 11.7 Å². The SMILES string of the molecule is CC(c1nc(-c2ccccc2Br)cs1)N1CCNCC1. The van der Waals surface area contributed by atoms with Crippen molar-refractivity contribution >= 4 is 27.3 Å². The van der Waals surface area contributed by atoms with Gasteiger partial charge in [0.25, 0.3) is 0 Å². The number of hydrogen-bond donors (Lipinski definition) is 1. The Balaban J connectivity index is 1.81. The molecule has 2 heterocycles. The number of aromatic nitrogens is 1. The van der Waals surface area contributed by atoms with Gasteiger partial charge in [0.2, 0.25) is 0 Å². The Morgan fingerprint density at radius 1 is 1.30 bits per heavy atom. The molecular formula is C15H18BrN3S. The van der Waals surface area contributed by atoms with Crippen LogP contribution in [0.1, 0.15) is 18.0 Å². The predicted octanol–water partition coefficient (Wildman–Crippen LogP) is 3.54. The van der Waals surface area contributed by atoms with Gasteiger partial charge in [-0.05, 0) is 13.0 Å². The lowest BCUT2D eigenvalue weighted by molar-refractivity contribution is 0.185. The van der Waals surface area contributed by atoms with Gasteiger partial charge in [-0.25, -0.2) is 4.98 Å². The Hall–Kier alpha value is -0.750. The summed E-state index contributed by atoms with van der Waals surface area (Å²) in [6, 6.07) is 8.66. The molecule has 1 aliphatic heterocycles. The van der Waals surface area contributed by atoms with Gasteiger partial charge in [0.15, 0.2) is 0 Å². The lowest BCUT2D eigenvalue weighted by Gasteiger charge is -2.31. The standard InChI is InChI=1S/C15H18BrN3S/c1-11(19-8-6-17-7-9-19)15-18-14(10-20-15)12-4-2-3-5-13(12)16/h2-5,10-11,17H,6-9H2,1H3. The largest absolute Gasteiger partial charge is 0.314 e. The molecular weight excluding hydrogens is 334 g/mol. The molecule has 1 aliphatic rings. The molecule has 1 aromatic carbocycles. The molecule has 20 heavy (non-hydrogen) atoms. The van der Waals surface area contributed by atoms with Crippen LogP contribution in [0.4, 0.5) is 0 Å². The van der Waals surface area contributed by atoms with E-state index in [1.807, 2.05) is 6.07 Å². The molecule has 1 unspecified atom stereocenters. The van der Waals surface area contributed by atoms with Crippen LogP contribution < -0.4 is 5.32 Å². The third-order valence-electron chi connectivity index (χ3n) is 3.73. The molecule has 0 saturated carbocycles. The highest BCUT2D eigenvalue weighted by Gasteiger charge is 2.21. The van der Waals surface area contributed by atoms with Crippen LogP contribution in [-0.4, -0.2) is 36.1 Å². The van der Waals surface area contributed by atoms with Gasteiger partial charge in [-0.15, -0.1) is 11.3 Å². The van der Waals surface area contributed by atoms with E-state index in [9.17, 15) is 0 Å². The van der Waals surface area contributed by atoms with Crippen LogP contribution in [0.15, 0.2) is 34.1 Å². The number of piperazine rings is 1. The molecule has 1 N–H and O–H groups in total. The van der Waals surface area contributed by atoms with Gasteiger partial charge in [-0.2, -0.15) is 0 Å². The lowest BCUT2D eigenvalue weighted by atomic mass is 10.2. The summed E-state index contributed by atoms with van der Waals surface area (Å²) >= 11 is 5.36. The van der Waals surface area contributed by atoms with Crippen LogP contribution in [0.5, 0.6) is 0 Å². The van der Waals surface area contributed by atoms with Crippen molar-refractivity contribution in [1.29, 1.82) is 0 Å². The maximum atomic E-state index is 4.84. The summed E-state index contributed by atoms with van der Waals surface area (Å²) in [5, 5.41) is 6.76. The van der Waals surface area contributed by atoms with E-state index in [1.165, 1.54) is 10.6 Å². The third kappa shape index (κ3) is 2.96. The number of nitrogens with one attached hydrogen (secondary N) is 1. The zero-order valence-electron chi connectivity index (χ0n) is 11.5. The van der Waals surface area contributed by atoms with E-state index >= 15 is 0 Å². The minimum Gasteiger partial charge on any atom is -0.314 e. The summed E-state index contributed by atoms with van der Waals surface area (Å²) in [5.74, 6) is 0. The quantitative estimate of drug-likeness (QED) is 0.916. The molecule has 106 valence electrons. The maximum Gasteiger partial charge on any atom is 0.110 e. The molecule has 2 aromatic rings. The fourth-order valence-electron chi connectivity index (χ4n) is 2.50. The van der Waals surface area contributed by atoms with Gasteiger partial charge in [-0.3, -0.25) is 4.90 Å². The van der Waals surface area contributed by atoms with Crippen LogP contribution in [0.3, 0.4) is 0 Å². The number of thiazole rings is 1. The van der Waals surface area contributed by atoms with Crippen LogP contribution in [0.25, 0.3) is 11.3 Å². The second-order valence-corrected chi connectivity index (χ2v) is 6.76. The first-order valence-electron chi connectivity index (χ1n) is 6.91. The maximum absolute atomic E-state index is 4.84. The molecule has 5 heteroatoms. The number of halogens is 1. The number of hydrogen-bond acceptors (Lipinski definition) is 4. The van der Waals surface area contributed by atoms with Crippen molar-refractivity contribution < 1.29 is 0 Å². The number of benzene rings is 1. The van der Waals surface area contributed by atoms with E-state index in [0.29, 0.717) is 6.04 Å². The number of rotatable bonds is 3. The molecule has 0 amide bonds. The van der Waals surface area contributed by atoms with E-state index in [0.717, 1.165) is 36.3 Å². The average molecular weight is 352 g/mol. The van der Waals surface area contributed by atoms with Gasteiger partial charge < -0.3 is 5.32 Å². The molecule has 0 bridgehead atoms. The van der Waals surface area contributed by atoms with Crippen LogP contribution in [-0.2, 0) is 0 Å². The molecule has 1 atom stereocenters. The Kier molecular flexibility index (Phi) is 4.51. The fraction of sp³-hybridized carbons (Fsp3) is 0.400. The van der Waals surface area contributed by atoms with Gasteiger partial charge >= 0.3 is 0 Å². The zero-order chi connectivity index (χ0) is 13.9. The van der Waals surface area contributed by atoms with Gasteiger partial charge in [0.1, 0.15) is 5.01 Å². The Bertz CT molecular complexity index is 578. The first-order valence-corrected chi connectivity index (χ1v) is 8.58. The van der Waals surface area contributed by atoms with E-state index in [2.05, 4.69) is 56.6 Å². The summed E-state index contributed by atoms with van der Waals surface area (Å²) in [6.07, 6.45) is 0. The van der Waals surface area contributed by atoms with E-state index < -0.39 is 0 Å². The summed E-state index contributed by atoms with van der Waals surface area (Å²) < 4.78 is 1.10. The first-order chi connectivity index (χ1) is 9.75. The van der Waals surface area contributed by atoms with E-state index in [4.69, 9.17) is 4.98 Å². The summed E-state index contributed by atoms with van der Waals surface area (Å²) in [7, 11) is 0. The smallest absolute Gasteiger partial charge is 0.110 e. The molecule has 3 nitrogen and oxygen atoms in total. The summed E-state index contributed by atoms with van der Waals surface area (Å²) in [6.45, 7) is 6.61. The zero-order valence-corrected chi connectivity index (χ0v) is 13.9. The van der Waals surface area contributed by atoms with Gasteiger partial charge in [0, 0.05) is 41.6 Å². The van der Waals surface area contributed by atoms with Crippen molar-refractivity contribution in [3.8, 4) is 11.3 Å². The second kappa shape index (κ2) is 6.35. The summed E-state index contributed by atoms with van der Waals surface area (Å²) in [4.78, 5) is 7.34. The van der Waals surface area contributed by atoms with Gasteiger partial charge in [-0.1, -0.05) is 34.1 Å². The molecule has 1 aromatic heterocycles. The van der Waals surface area contributed by atoms with E-state index in [-0.39, 0.29) is 0 Å². The van der Waals surface area contributed by atoms with Crippen LogP contribution in [0.2, 0.25) is 0 Å². The Labute approximate surface area is 132 Å². The van der Waals surface area contributed by atoms with Crippen molar-refractivity contribution in [1.82, 2.24) is 15.2 Å². The normalized spacial score (nSPS) is 18.1. The second-order valence-electron chi connectivity index (χ2n) is 5.01. The number of nitrogens with zero attached hydrogens (tertiary/aromatic N) is 2. The first kappa shape index (κ1) is 14.2. The molecule has 0 spiro atoms. The highest BCUT2D eigenvalue weighted by Crippen LogP contribution is 2.32. The van der Waals surface area contributed by atoms with Crippen LogP contribution >= 0.6 is 27.3 Å². The van der Waals surface area contributed by atoms with E-state index in [1.54, 1.807) is 11.3 Å². The highest BCUT2D eigenvalue weighted by molar-refractivity contribution is 9.10.